The molecule has 0 bridgehead atoms. The number of hydrogen-bond donors (Lipinski definition) is 3. The maximum Gasteiger partial charge on any atom is 0.306 e. The number of Topliss-reactive ketones (excluding diaryl/α,β-unsaturated/α-hetero) is 1. The zero-order valence-corrected chi connectivity index (χ0v) is 25.3. The molecule has 8 atom stereocenters. The van der Waals surface area contributed by atoms with Crippen LogP contribution in [0, 0.1) is 28.6 Å². The molecule has 0 radical (unpaired) electrons. The van der Waals surface area contributed by atoms with Crippen LogP contribution in [0.2, 0.25) is 0 Å². The molecule has 0 heterocycles. The molecule has 0 spiro atoms. The lowest BCUT2D eigenvalue weighted by Crippen LogP contribution is -2.70. The number of alkyl halides is 1. The quantitative estimate of drug-likeness (QED) is 0.167. The van der Waals surface area contributed by atoms with Gasteiger partial charge in [0.05, 0.1) is 18.1 Å². The van der Waals surface area contributed by atoms with Gasteiger partial charge in [0.2, 0.25) is 5.78 Å². The van der Waals surface area contributed by atoms with Crippen molar-refractivity contribution in [3.05, 3.63) is 23.8 Å². The van der Waals surface area contributed by atoms with Crippen molar-refractivity contribution in [2.75, 3.05) is 13.2 Å². The number of carbonyl (C=O) groups is 4. The Morgan fingerprint density at radius 3 is 2.49 bits per heavy atom. The fourth-order valence-electron chi connectivity index (χ4n) is 8.64. The number of aliphatic hydroxyl groups excluding tert-OH is 1. The van der Waals surface area contributed by atoms with Crippen molar-refractivity contribution >= 4 is 23.5 Å². The Bertz CT molecular complexity index is 1190. The average molecular weight is 610 g/mol. The van der Waals surface area contributed by atoms with Gasteiger partial charge in [-0.2, -0.15) is 0 Å². The van der Waals surface area contributed by atoms with Gasteiger partial charge < -0.3 is 14.6 Å². The molecular formula is C31H44FNO10. The first-order chi connectivity index (χ1) is 20.2. The maximum absolute atomic E-state index is 17.6. The van der Waals surface area contributed by atoms with Crippen molar-refractivity contribution in [2.24, 2.45) is 28.6 Å². The van der Waals surface area contributed by atoms with E-state index in [1.807, 2.05) is 6.92 Å². The first-order valence-electron chi connectivity index (χ1n) is 15.2. The predicted molar refractivity (Wildman–Crippen MR) is 148 cm³/mol. The number of fused-ring (bicyclic) bond motifs is 5. The van der Waals surface area contributed by atoms with Crippen LogP contribution < -0.4 is 0 Å². The fourth-order valence-corrected chi connectivity index (χ4v) is 8.64. The van der Waals surface area contributed by atoms with Crippen LogP contribution >= 0.6 is 0 Å². The molecule has 4 aliphatic rings. The molecule has 11 nitrogen and oxygen atoms in total. The van der Waals surface area contributed by atoms with Crippen LogP contribution in [-0.4, -0.2) is 75.0 Å². The minimum absolute atomic E-state index is 0.0790. The van der Waals surface area contributed by atoms with E-state index in [0.29, 0.717) is 31.3 Å². The number of nitrogens with zero attached hydrogens (tertiary/aromatic N) is 1. The van der Waals surface area contributed by atoms with Crippen molar-refractivity contribution in [2.45, 2.75) is 103 Å². The second kappa shape index (κ2) is 12.5. The third-order valence-electron chi connectivity index (χ3n) is 10.7. The van der Waals surface area contributed by atoms with Gasteiger partial charge in [0.25, 0.3) is 0 Å². The largest absolute Gasteiger partial charge is 0.457 e. The summed E-state index contributed by atoms with van der Waals surface area (Å²) in [5, 5.41) is 28.4. The minimum Gasteiger partial charge on any atom is -0.457 e. The highest BCUT2D eigenvalue weighted by atomic mass is 19.1. The van der Waals surface area contributed by atoms with Gasteiger partial charge >= 0.3 is 11.9 Å². The van der Waals surface area contributed by atoms with E-state index in [2.05, 4.69) is 4.84 Å². The molecule has 0 amide bonds. The van der Waals surface area contributed by atoms with Gasteiger partial charge in [-0.05, 0) is 63.5 Å². The van der Waals surface area contributed by atoms with Crippen LogP contribution in [0.25, 0.3) is 0 Å². The average Bonchev–Trinajstić information content (AvgIpc) is 3.16. The summed E-state index contributed by atoms with van der Waals surface area (Å²) in [5.74, 6) is -3.84. The molecule has 3 saturated carbocycles. The third-order valence-corrected chi connectivity index (χ3v) is 10.7. The number of ketones is 2. The Morgan fingerprint density at radius 2 is 1.81 bits per heavy atom. The van der Waals surface area contributed by atoms with Gasteiger partial charge in [0.15, 0.2) is 23.7 Å². The van der Waals surface area contributed by atoms with E-state index in [9.17, 15) is 24.3 Å². The zero-order valence-electron chi connectivity index (χ0n) is 25.3. The van der Waals surface area contributed by atoms with Crippen LogP contribution in [0.4, 0.5) is 4.39 Å². The molecule has 1 unspecified atom stereocenters. The molecule has 4 rings (SSSR count). The standard InChI is InChI=1S/C31H44FNO10/c1-5-6-8-27(38)43-31(25(36)18-41-26(37)9-7-14-42-33(39)40)19(2)15-23-22-11-10-20-16-21(34)12-13-28(20,3)30(22,32)24(35)17-29(23,31)4/h12-13,16,19,22-24,35,39-40H,5-11,14-15,17-18H2,1-4H3/t19-,22?,23-,24-,28-,29-,30-,31-/m0/s1. The number of ether oxygens (including phenoxy) is 2. The van der Waals surface area contributed by atoms with Crippen LogP contribution in [0.5, 0.6) is 0 Å². The molecule has 43 heavy (non-hydrogen) atoms. The van der Waals surface area contributed by atoms with Gasteiger partial charge in [-0.3, -0.25) is 34.4 Å². The molecule has 0 aromatic heterocycles. The molecule has 4 aliphatic carbocycles. The number of hydrogen-bond acceptors (Lipinski definition) is 11. The lowest BCUT2D eigenvalue weighted by Gasteiger charge is -2.62. The van der Waals surface area contributed by atoms with Gasteiger partial charge in [-0.25, -0.2) is 4.39 Å². The second-order valence-corrected chi connectivity index (χ2v) is 13.0. The SMILES string of the molecule is CCCCC(=O)O[C@]1(C(=O)COC(=O)CCCON(O)O)[C@@H](C)C[C@H]2C3CCC4=CC(=O)C=C[C@]4(C)[C@@]3(F)[C@@H](O)C[C@@]21C. The summed E-state index contributed by atoms with van der Waals surface area (Å²) < 4.78 is 29.0. The highest BCUT2D eigenvalue weighted by Gasteiger charge is 2.77. The number of allylic oxidation sites excluding steroid dienone is 4. The number of aliphatic hydroxyl groups is 1. The maximum atomic E-state index is 17.6. The Labute approximate surface area is 250 Å². The first-order valence-corrected chi connectivity index (χ1v) is 15.2. The highest BCUT2D eigenvalue weighted by molar-refractivity contribution is 6.01. The highest BCUT2D eigenvalue weighted by Crippen LogP contribution is 2.71. The summed E-state index contributed by atoms with van der Waals surface area (Å²) in [7, 11) is 0. The predicted octanol–water partition coefficient (Wildman–Crippen LogP) is 3.98. The van der Waals surface area contributed by atoms with E-state index < -0.39 is 75.7 Å². The van der Waals surface area contributed by atoms with Crippen molar-refractivity contribution in [3.8, 4) is 0 Å². The molecular weight excluding hydrogens is 565 g/mol. The first kappa shape index (κ1) is 33.4. The molecule has 0 aliphatic heterocycles. The van der Waals surface area contributed by atoms with Crippen molar-refractivity contribution in [1.82, 2.24) is 5.39 Å². The lowest BCUT2D eigenvalue weighted by atomic mass is 9.44. The Morgan fingerprint density at radius 1 is 1.12 bits per heavy atom. The molecule has 3 fully saturated rings. The van der Waals surface area contributed by atoms with E-state index in [-0.39, 0.29) is 38.1 Å². The van der Waals surface area contributed by atoms with Crippen molar-refractivity contribution < 1.29 is 53.4 Å². The van der Waals surface area contributed by atoms with E-state index in [1.54, 1.807) is 26.8 Å². The van der Waals surface area contributed by atoms with E-state index in [4.69, 9.17) is 19.9 Å². The summed E-state index contributed by atoms with van der Waals surface area (Å²) in [5.41, 5.74) is -5.61. The second-order valence-electron chi connectivity index (χ2n) is 13.0. The molecule has 3 N–H and O–H groups in total. The van der Waals surface area contributed by atoms with Crippen LogP contribution in [0.3, 0.4) is 0 Å². The van der Waals surface area contributed by atoms with Gasteiger partial charge in [-0.1, -0.05) is 38.8 Å². The summed E-state index contributed by atoms with van der Waals surface area (Å²) >= 11 is 0. The van der Waals surface area contributed by atoms with Crippen LogP contribution in [-0.2, 0) is 33.5 Å². The molecule has 0 aromatic carbocycles. The summed E-state index contributed by atoms with van der Waals surface area (Å²) in [6.07, 6.45) is 5.10. The number of rotatable bonds is 12. The van der Waals surface area contributed by atoms with Crippen LogP contribution in [0.1, 0.15) is 85.5 Å². The number of unbranched alkanes of at least 4 members (excludes halogenated alkanes) is 1. The molecule has 0 aromatic rings. The van der Waals surface area contributed by atoms with Gasteiger partial charge in [0, 0.05) is 35.5 Å². The fraction of sp³-hybridized carbons (Fsp3) is 0.742. The van der Waals surface area contributed by atoms with E-state index in [0.717, 1.165) is 6.42 Å². The van der Waals surface area contributed by atoms with Gasteiger partial charge in [-0.15, -0.1) is 0 Å². The van der Waals surface area contributed by atoms with Gasteiger partial charge in [0.1, 0.15) is 0 Å². The third kappa shape index (κ3) is 5.50. The normalized spacial score (nSPS) is 38.2. The summed E-state index contributed by atoms with van der Waals surface area (Å²) in [6.45, 7) is 6.32. The van der Waals surface area contributed by atoms with Crippen molar-refractivity contribution in [1.29, 1.82) is 0 Å². The molecule has 0 saturated heterocycles. The smallest absolute Gasteiger partial charge is 0.306 e. The number of halogens is 1. The minimum atomic E-state index is -2.11. The molecule has 240 valence electrons. The number of esters is 2. The lowest BCUT2D eigenvalue weighted by molar-refractivity contribution is -0.492. The summed E-state index contributed by atoms with van der Waals surface area (Å²) in [6, 6.07) is 0. The molecule has 12 heteroatoms. The monoisotopic (exact) mass is 609 g/mol. The number of carbonyl (C=O) groups excluding carboxylic acids is 4. The Hall–Kier alpha value is -2.51. The Kier molecular flexibility index (Phi) is 9.68. The summed E-state index contributed by atoms with van der Waals surface area (Å²) in [4.78, 5) is 56.3. The van der Waals surface area contributed by atoms with Crippen molar-refractivity contribution in [3.63, 3.8) is 0 Å². The van der Waals surface area contributed by atoms with Crippen LogP contribution in [0.15, 0.2) is 23.8 Å². The van der Waals surface area contributed by atoms with E-state index in [1.165, 1.54) is 12.2 Å². The van der Waals surface area contributed by atoms with E-state index >= 15 is 4.39 Å². The topological polar surface area (TPSA) is 160 Å². The zero-order chi connectivity index (χ0) is 31.8. The Balaban J connectivity index is 1.65.